The minimum Gasteiger partial charge on any atom is -0.378 e. The summed E-state index contributed by atoms with van der Waals surface area (Å²) in [6, 6.07) is 8.10. The first-order valence-corrected chi connectivity index (χ1v) is 11.2. The first-order valence-electron chi connectivity index (χ1n) is 9.51. The van der Waals surface area contributed by atoms with Gasteiger partial charge in [-0.3, -0.25) is 4.79 Å². The normalized spacial score (nSPS) is 21.4. The molecule has 4 nitrogen and oxygen atoms in total. The van der Waals surface area contributed by atoms with Crippen LogP contribution < -0.4 is 4.90 Å². The number of anilines is 1. The quantitative estimate of drug-likeness (QED) is 0.752. The number of Topliss-reactive ketones (excluding diaryl/α,β-unsaturated/α-hetero) is 1. The fourth-order valence-corrected chi connectivity index (χ4v) is 4.96. The van der Waals surface area contributed by atoms with Crippen LogP contribution in [0.4, 0.5) is 5.69 Å². The van der Waals surface area contributed by atoms with Crippen molar-refractivity contribution in [2.45, 2.75) is 57.6 Å². The van der Waals surface area contributed by atoms with Crippen LogP contribution in [0.25, 0.3) is 0 Å². The van der Waals surface area contributed by atoms with Crippen LogP contribution in [-0.2, 0) is 21.1 Å². The van der Waals surface area contributed by atoms with Gasteiger partial charge in [0.25, 0.3) is 0 Å². The lowest BCUT2D eigenvalue weighted by Gasteiger charge is -2.30. The molecule has 1 saturated carbocycles. The zero-order valence-electron chi connectivity index (χ0n) is 16.8. The molecule has 0 N–H and O–H groups in total. The van der Waals surface area contributed by atoms with E-state index in [1.165, 1.54) is 0 Å². The molecule has 1 aliphatic rings. The van der Waals surface area contributed by atoms with Crippen molar-refractivity contribution in [3.05, 3.63) is 29.8 Å². The number of ketones is 1. The van der Waals surface area contributed by atoms with Crippen LogP contribution in [0.3, 0.4) is 0 Å². The second-order valence-electron chi connectivity index (χ2n) is 8.82. The van der Waals surface area contributed by atoms with Gasteiger partial charge in [-0.05, 0) is 70.1 Å². The van der Waals surface area contributed by atoms with Gasteiger partial charge in [0.05, 0.1) is 10.5 Å². The molecule has 2 rings (SSSR count). The predicted octanol–water partition coefficient (Wildman–Crippen LogP) is 3.88. The molecule has 0 heterocycles. The number of sulfone groups is 1. The van der Waals surface area contributed by atoms with E-state index in [1.807, 2.05) is 37.2 Å². The Morgan fingerprint density at radius 2 is 1.73 bits per heavy atom. The maximum absolute atomic E-state index is 12.7. The molecule has 0 bridgehead atoms. The van der Waals surface area contributed by atoms with Crippen molar-refractivity contribution in [1.82, 2.24) is 0 Å². The Hall–Kier alpha value is -1.36. The highest BCUT2D eigenvalue weighted by atomic mass is 32.2. The number of hydrogen-bond acceptors (Lipinski definition) is 4. The highest BCUT2D eigenvalue weighted by Gasteiger charge is 2.34. The highest BCUT2D eigenvalue weighted by molar-refractivity contribution is 7.92. The van der Waals surface area contributed by atoms with Crippen molar-refractivity contribution >= 4 is 21.3 Å². The Balaban J connectivity index is 1.90. The molecule has 1 aromatic rings. The third-order valence-corrected chi connectivity index (χ3v) is 8.27. The molecule has 1 fully saturated rings. The van der Waals surface area contributed by atoms with Crippen molar-refractivity contribution in [2.24, 2.45) is 11.8 Å². The number of carbonyl (C=O) groups excluding carboxylic acids is 1. The van der Waals surface area contributed by atoms with Gasteiger partial charge in [0, 0.05) is 32.1 Å². The topological polar surface area (TPSA) is 54.5 Å². The molecule has 0 saturated heterocycles. The summed E-state index contributed by atoms with van der Waals surface area (Å²) in [4.78, 5) is 14.7. The van der Waals surface area contributed by atoms with Crippen LogP contribution >= 0.6 is 0 Å². The summed E-state index contributed by atoms with van der Waals surface area (Å²) in [6.07, 6.45) is 3.78. The molecule has 146 valence electrons. The number of benzene rings is 1. The molecule has 26 heavy (non-hydrogen) atoms. The van der Waals surface area contributed by atoms with E-state index in [2.05, 4.69) is 6.07 Å². The Morgan fingerprint density at radius 1 is 1.12 bits per heavy atom. The second kappa shape index (κ2) is 8.12. The van der Waals surface area contributed by atoms with E-state index in [-0.39, 0.29) is 23.4 Å². The number of nitrogens with zero attached hydrogens (tertiary/aromatic N) is 1. The maximum atomic E-state index is 12.7. The van der Waals surface area contributed by atoms with Crippen molar-refractivity contribution in [3.63, 3.8) is 0 Å². The molecule has 0 unspecified atom stereocenters. The van der Waals surface area contributed by atoms with Gasteiger partial charge in [0.15, 0.2) is 9.84 Å². The van der Waals surface area contributed by atoms with Crippen molar-refractivity contribution in [2.75, 3.05) is 24.7 Å². The van der Waals surface area contributed by atoms with E-state index in [9.17, 15) is 13.2 Å². The Bertz CT molecular complexity index is 724. The SMILES string of the molecule is CN(C)c1cccc(CC(=O)C2CCC(CS(=O)(=O)C(C)(C)C)CC2)c1. The highest BCUT2D eigenvalue weighted by Crippen LogP contribution is 2.33. The fraction of sp³-hybridized carbons (Fsp3) is 0.667. The fourth-order valence-electron chi connectivity index (χ4n) is 3.50. The van der Waals surface area contributed by atoms with Gasteiger partial charge in [-0.15, -0.1) is 0 Å². The van der Waals surface area contributed by atoms with E-state index >= 15 is 0 Å². The molecule has 0 radical (unpaired) electrons. The van der Waals surface area contributed by atoms with Crippen LogP contribution in [0, 0.1) is 11.8 Å². The van der Waals surface area contributed by atoms with Gasteiger partial charge < -0.3 is 4.90 Å². The monoisotopic (exact) mass is 379 g/mol. The molecule has 0 spiro atoms. The van der Waals surface area contributed by atoms with Crippen LogP contribution in [0.2, 0.25) is 0 Å². The Morgan fingerprint density at radius 3 is 2.27 bits per heavy atom. The van der Waals surface area contributed by atoms with Crippen molar-refractivity contribution < 1.29 is 13.2 Å². The number of rotatable bonds is 6. The molecule has 0 atom stereocenters. The largest absolute Gasteiger partial charge is 0.378 e. The van der Waals surface area contributed by atoms with Crippen LogP contribution in [0.15, 0.2) is 24.3 Å². The molecule has 5 heteroatoms. The van der Waals surface area contributed by atoms with E-state index in [0.29, 0.717) is 6.42 Å². The lowest BCUT2D eigenvalue weighted by atomic mass is 9.79. The zero-order valence-corrected chi connectivity index (χ0v) is 17.6. The zero-order chi connectivity index (χ0) is 19.5. The summed E-state index contributed by atoms with van der Waals surface area (Å²) in [6.45, 7) is 5.29. The smallest absolute Gasteiger partial charge is 0.155 e. The minimum atomic E-state index is -3.09. The van der Waals surface area contributed by atoms with Gasteiger partial charge >= 0.3 is 0 Å². The standard InChI is InChI=1S/C21H33NO3S/c1-21(2,3)26(24,25)15-16-9-11-18(12-10-16)20(23)14-17-7-6-8-19(13-17)22(4)5/h6-8,13,16,18H,9-12,14-15H2,1-5H3. The van der Waals surface area contributed by atoms with Crippen molar-refractivity contribution in [1.29, 1.82) is 0 Å². The number of hydrogen-bond donors (Lipinski definition) is 0. The van der Waals surface area contributed by atoms with Gasteiger partial charge in [0.1, 0.15) is 5.78 Å². The van der Waals surface area contributed by atoms with Crippen LogP contribution in [-0.4, -0.2) is 38.8 Å². The van der Waals surface area contributed by atoms with Crippen LogP contribution in [0.5, 0.6) is 0 Å². The maximum Gasteiger partial charge on any atom is 0.155 e. The summed E-state index contributed by atoms with van der Waals surface area (Å²) in [5.74, 6) is 0.812. The molecule has 0 aromatic heterocycles. The second-order valence-corrected chi connectivity index (χ2v) is 11.6. The summed E-state index contributed by atoms with van der Waals surface area (Å²) < 4.78 is 24.1. The van der Waals surface area contributed by atoms with E-state index in [4.69, 9.17) is 0 Å². The average molecular weight is 380 g/mol. The molecule has 0 aliphatic heterocycles. The van der Waals surface area contributed by atoms with Gasteiger partial charge in [-0.2, -0.15) is 0 Å². The van der Waals surface area contributed by atoms with Gasteiger partial charge in [-0.25, -0.2) is 8.42 Å². The van der Waals surface area contributed by atoms with Gasteiger partial charge in [0.2, 0.25) is 0 Å². The molecule has 1 aliphatic carbocycles. The van der Waals surface area contributed by atoms with Crippen LogP contribution in [0.1, 0.15) is 52.0 Å². The molecular weight excluding hydrogens is 346 g/mol. The lowest BCUT2D eigenvalue weighted by molar-refractivity contribution is -0.123. The minimum absolute atomic E-state index is 0.0756. The molecule has 0 amide bonds. The Labute approximate surface area is 158 Å². The number of carbonyl (C=O) groups is 1. The lowest BCUT2D eigenvalue weighted by Crippen LogP contribution is -2.35. The molecule has 1 aromatic carbocycles. The summed E-state index contributed by atoms with van der Waals surface area (Å²) in [7, 11) is 0.902. The predicted molar refractivity (Wildman–Crippen MR) is 108 cm³/mol. The van der Waals surface area contributed by atoms with Gasteiger partial charge in [-0.1, -0.05) is 12.1 Å². The van der Waals surface area contributed by atoms with E-state index < -0.39 is 14.6 Å². The summed E-state index contributed by atoms with van der Waals surface area (Å²) >= 11 is 0. The Kier molecular flexibility index (Phi) is 6.54. The van der Waals surface area contributed by atoms with Crippen molar-refractivity contribution in [3.8, 4) is 0 Å². The third-order valence-electron chi connectivity index (χ3n) is 5.50. The van der Waals surface area contributed by atoms with E-state index in [0.717, 1.165) is 36.9 Å². The first-order chi connectivity index (χ1) is 12.0. The van der Waals surface area contributed by atoms with E-state index in [1.54, 1.807) is 20.8 Å². The average Bonchev–Trinajstić information content (AvgIpc) is 2.54. The third kappa shape index (κ3) is 5.32. The summed E-state index contributed by atoms with van der Waals surface area (Å²) in [5.41, 5.74) is 2.16. The first kappa shape index (κ1) is 20.9. The molecular formula is C21H33NO3S. The summed E-state index contributed by atoms with van der Waals surface area (Å²) in [5, 5.41) is 0.